The van der Waals surface area contributed by atoms with Gasteiger partial charge >= 0.3 is 0 Å². The van der Waals surface area contributed by atoms with Gasteiger partial charge in [-0.3, -0.25) is 4.79 Å². The molecule has 2 aromatic carbocycles. The van der Waals surface area contributed by atoms with E-state index in [0.29, 0.717) is 25.9 Å². The molecule has 0 radical (unpaired) electrons. The van der Waals surface area contributed by atoms with Crippen LogP contribution in [-0.2, 0) is 17.6 Å². The maximum Gasteiger partial charge on any atom is 0.227 e. The number of hydrogen-bond donors (Lipinski definition) is 1. The first-order valence-electron chi connectivity index (χ1n) is 8.78. The molecule has 0 bridgehead atoms. The largest absolute Gasteiger partial charge is 0.497 e. The number of amides is 1. The fourth-order valence-electron chi connectivity index (χ4n) is 3.43. The lowest BCUT2D eigenvalue weighted by atomic mass is 9.88. The molecule has 0 saturated carbocycles. The number of rotatable bonds is 5. The zero-order valence-electron chi connectivity index (χ0n) is 14.6. The first-order valence-corrected chi connectivity index (χ1v) is 8.78. The van der Waals surface area contributed by atoms with Crippen LogP contribution in [0.4, 0.5) is 0 Å². The van der Waals surface area contributed by atoms with E-state index >= 15 is 0 Å². The van der Waals surface area contributed by atoms with Crippen molar-refractivity contribution in [3.8, 4) is 5.75 Å². The van der Waals surface area contributed by atoms with Crippen molar-refractivity contribution in [1.29, 1.82) is 0 Å². The van der Waals surface area contributed by atoms with Gasteiger partial charge in [0.25, 0.3) is 0 Å². The van der Waals surface area contributed by atoms with E-state index in [1.165, 1.54) is 5.56 Å². The summed E-state index contributed by atoms with van der Waals surface area (Å²) in [5.41, 5.74) is 2.16. The monoisotopic (exact) mass is 339 g/mol. The summed E-state index contributed by atoms with van der Waals surface area (Å²) in [6.07, 6.45) is 1.46. The lowest BCUT2D eigenvalue weighted by Crippen LogP contribution is -2.47. The maximum absolute atomic E-state index is 12.7. The first kappa shape index (κ1) is 17.5. The summed E-state index contributed by atoms with van der Waals surface area (Å²) < 4.78 is 5.22. The Morgan fingerprint density at radius 3 is 2.68 bits per heavy atom. The molecular weight excluding hydrogens is 314 g/mol. The molecule has 0 aromatic heterocycles. The van der Waals surface area contributed by atoms with Crippen LogP contribution in [0.25, 0.3) is 0 Å². The molecule has 2 aromatic rings. The molecule has 3 rings (SSSR count). The van der Waals surface area contributed by atoms with Gasteiger partial charge < -0.3 is 14.7 Å². The van der Waals surface area contributed by atoms with Gasteiger partial charge in [0, 0.05) is 19.0 Å². The summed E-state index contributed by atoms with van der Waals surface area (Å²) in [7, 11) is 1.63. The molecular formula is C21H25NO3. The maximum atomic E-state index is 12.7. The van der Waals surface area contributed by atoms with Crippen molar-refractivity contribution in [2.45, 2.75) is 25.4 Å². The fourth-order valence-corrected chi connectivity index (χ4v) is 3.43. The fraction of sp³-hybridized carbons (Fsp3) is 0.381. The second-order valence-corrected chi connectivity index (χ2v) is 6.67. The first-order chi connectivity index (χ1) is 12.2. The number of hydrogen-bond acceptors (Lipinski definition) is 3. The third kappa shape index (κ3) is 4.60. The molecule has 0 aliphatic carbocycles. The minimum absolute atomic E-state index is 0.0883. The Bertz CT molecular complexity index is 701. The number of carbonyl (C=O) groups is 1. The van der Waals surface area contributed by atoms with Crippen LogP contribution in [-0.4, -0.2) is 42.2 Å². The number of aliphatic hydroxyl groups is 1. The molecule has 4 heteroatoms. The van der Waals surface area contributed by atoms with Gasteiger partial charge in [0.1, 0.15) is 5.75 Å². The molecule has 1 fully saturated rings. The molecule has 1 heterocycles. The molecule has 0 unspecified atom stereocenters. The van der Waals surface area contributed by atoms with Gasteiger partial charge in [-0.05, 0) is 36.1 Å². The lowest BCUT2D eigenvalue weighted by Gasteiger charge is -2.36. The van der Waals surface area contributed by atoms with E-state index in [1.807, 2.05) is 47.4 Å². The van der Waals surface area contributed by atoms with Gasteiger partial charge in [0.15, 0.2) is 0 Å². The second kappa shape index (κ2) is 8.17. The molecule has 25 heavy (non-hydrogen) atoms. The van der Waals surface area contributed by atoms with Crippen molar-refractivity contribution in [2.24, 2.45) is 5.92 Å². The summed E-state index contributed by atoms with van der Waals surface area (Å²) in [4.78, 5) is 14.6. The van der Waals surface area contributed by atoms with Crippen molar-refractivity contribution in [3.05, 3.63) is 65.7 Å². The van der Waals surface area contributed by atoms with Crippen molar-refractivity contribution >= 4 is 5.91 Å². The Hall–Kier alpha value is -2.33. The van der Waals surface area contributed by atoms with Gasteiger partial charge in [0.05, 0.1) is 19.6 Å². The molecule has 1 amide bonds. The van der Waals surface area contributed by atoms with Gasteiger partial charge in [-0.15, -0.1) is 0 Å². The summed E-state index contributed by atoms with van der Waals surface area (Å²) >= 11 is 0. The predicted molar refractivity (Wildman–Crippen MR) is 97.5 cm³/mol. The number of aliphatic hydroxyl groups excluding tert-OH is 1. The average Bonchev–Trinajstić information content (AvgIpc) is 2.64. The predicted octanol–water partition coefficient (Wildman–Crippen LogP) is 2.69. The highest BCUT2D eigenvalue weighted by molar-refractivity contribution is 5.79. The van der Waals surface area contributed by atoms with Gasteiger partial charge in [0.2, 0.25) is 5.91 Å². The number of likely N-dealkylation sites (tertiary alicyclic amines) is 1. The number of carbonyl (C=O) groups excluding carboxylic acids is 1. The van der Waals surface area contributed by atoms with Gasteiger partial charge in [-0.25, -0.2) is 0 Å². The lowest BCUT2D eigenvalue weighted by molar-refractivity contribution is -0.134. The Balaban J connectivity index is 1.62. The zero-order chi connectivity index (χ0) is 17.6. The SMILES string of the molecule is COc1cccc(CC(=O)N2CC[C@H](O)[C@H](Cc3ccccc3)C2)c1. The third-order valence-corrected chi connectivity index (χ3v) is 4.88. The number of benzene rings is 2. The van der Waals surface area contributed by atoms with E-state index in [4.69, 9.17) is 4.74 Å². The number of nitrogens with zero attached hydrogens (tertiary/aromatic N) is 1. The van der Waals surface area contributed by atoms with Crippen molar-refractivity contribution in [1.82, 2.24) is 4.90 Å². The Labute approximate surface area is 149 Å². The Morgan fingerprint density at radius 1 is 1.16 bits per heavy atom. The highest BCUT2D eigenvalue weighted by Gasteiger charge is 2.30. The van der Waals surface area contributed by atoms with Gasteiger partial charge in [-0.2, -0.15) is 0 Å². The average molecular weight is 339 g/mol. The van der Waals surface area contributed by atoms with E-state index in [9.17, 15) is 9.90 Å². The van der Waals surface area contributed by atoms with Crippen LogP contribution >= 0.6 is 0 Å². The zero-order valence-corrected chi connectivity index (χ0v) is 14.6. The van der Waals surface area contributed by atoms with Gasteiger partial charge in [-0.1, -0.05) is 42.5 Å². The van der Waals surface area contributed by atoms with E-state index in [0.717, 1.165) is 17.7 Å². The number of piperidine rings is 1. The molecule has 1 aliphatic rings. The van der Waals surface area contributed by atoms with Crippen LogP contribution in [0, 0.1) is 5.92 Å². The van der Waals surface area contributed by atoms with Crippen LogP contribution in [0.1, 0.15) is 17.5 Å². The minimum atomic E-state index is -0.346. The van der Waals surface area contributed by atoms with Crippen molar-refractivity contribution in [2.75, 3.05) is 20.2 Å². The summed E-state index contributed by atoms with van der Waals surface area (Å²) in [5.74, 6) is 0.963. The third-order valence-electron chi connectivity index (χ3n) is 4.88. The number of ether oxygens (including phenoxy) is 1. The standard InChI is InChI=1S/C21H25NO3/c1-25-19-9-5-8-17(13-19)14-21(24)22-11-10-20(23)18(15-22)12-16-6-3-2-4-7-16/h2-9,13,18,20,23H,10-12,14-15H2,1H3/t18-,20+/m1/s1. The smallest absolute Gasteiger partial charge is 0.227 e. The molecule has 1 N–H and O–H groups in total. The second-order valence-electron chi connectivity index (χ2n) is 6.67. The van der Waals surface area contributed by atoms with Crippen LogP contribution in [0.15, 0.2) is 54.6 Å². The van der Waals surface area contributed by atoms with E-state index < -0.39 is 0 Å². The normalized spacial score (nSPS) is 20.3. The van der Waals surface area contributed by atoms with Crippen molar-refractivity contribution in [3.63, 3.8) is 0 Å². The van der Waals surface area contributed by atoms with Crippen LogP contribution in [0.5, 0.6) is 5.75 Å². The van der Waals surface area contributed by atoms with E-state index in [-0.39, 0.29) is 17.9 Å². The van der Waals surface area contributed by atoms with E-state index in [2.05, 4.69) is 12.1 Å². The Kier molecular flexibility index (Phi) is 5.71. The summed E-state index contributed by atoms with van der Waals surface area (Å²) in [6, 6.07) is 17.8. The number of methoxy groups -OCH3 is 1. The highest BCUT2D eigenvalue weighted by atomic mass is 16.5. The molecule has 2 atom stereocenters. The summed E-state index contributed by atoms with van der Waals surface area (Å²) in [6.45, 7) is 1.23. The quantitative estimate of drug-likeness (QED) is 0.911. The highest BCUT2D eigenvalue weighted by Crippen LogP contribution is 2.22. The molecule has 132 valence electrons. The molecule has 4 nitrogen and oxygen atoms in total. The van der Waals surface area contributed by atoms with E-state index in [1.54, 1.807) is 7.11 Å². The molecule has 1 saturated heterocycles. The van der Waals surface area contributed by atoms with Crippen LogP contribution in [0.3, 0.4) is 0 Å². The molecule has 0 spiro atoms. The Morgan fingerprint density at radius 2 is 1.92 bits per heavy atom. The topological polar surface area (TPSA) is 49.8 Å². The molecule has 1 aliphatic heterocycles. The van der Waals surface area contributed by atoms with Crippen LogP contribution in [0.2, 0.25) is 0 Å². The summed E-state index contributed by atoms with van der Waals surface area (Å²) in [5, 5.41) is 10.3. The minimum Gasteiger partial charge on any atom is -0.497 e. The van der Waals surface area contributed by atoms with Crippen molar-refractivity contribution < 1.29 is 14.6 Å². The van der Waals surface area contributed by atoms with Crippen LogP contribution < -0.4 is 4.74 Å².